The molecule has 0 fully saturated rings. The Morgan fingerprint density at radius 1 is 1.31 bits per heavy atom. The van der Waals surface area contributed by atoms with E-state index < -0.39 is 0 Å². The van der Waals surface area contributed by atoms with Crippen LogP contribution < -0.4 is 10.2 Å². The summed E-state index contributed by atoms with van der Waals surface area (Å²) in [7, 11) is 0. The Morgan fingerprint density at radius 2 is 2.06 bits per heavy atom. The SMILES string of the molecule is CCN(CC)c1nc(Cl)nc2c1CCNC2. The van der Waals surface area contributed by atoms with Crippen LogP contribution in [0.5, 0.6) is 0 Å². The van der Waals surface area contributed by atoms with E-state index in [1.165, 1.54) is 5.56 Å². The van der Waals surface area contributed by atoms with Crippen LogP contribution in [0.25, 0.3) is 0 Å². The van der Waals surface area contributed by atoms with Crippen molar-refractivity contribution in [3.8, 4) is 0 Å². The van der Waals surface area contributed by atoms with E-state index in [1.807, 2.05) is 0 Å². The van der Waals surface area contributed by atoms with Gasteiger partial charge in [0.2, 0.25) is 5.28 Å². The van der Waals surface area contributed by atoms with Gasteiger partial charge < -0.3 is 10.2 Å². The van der Waals surface area contributed by atoms with Crippen molar-refractivity contribution in [2.24, 2.45) is 0 Å². The number of anilines is 1. The van der Waals surface area contributed by atoms with E-state index in [4.69, 9.17) is 11.6 Å². The highest BCUT2D eigenvalue weighted by Crippen LogP contribution is 2.24. The highest BCUT2D eigenvalue weighted by atomic mass is 35.5. The number of hydrogen-bond donors (Lipinski definition) is 1. The molecule has 88 valence electrons. The minimum absolute atomic E-state index is 0.351. The Kier molecular flexibility index (Phi) is 3.61. The monoisotopic (exact) mass is 240 g/mol. The number of hydrogen-bond acceptors (Lipinski definition) is 4. The van der Waals surface area contributed by atoms with Crippen molar-refractivity contribution < 1.29 is 0 Å². The van der Waals surface area contributed by atoms with Gasteiger partial charge in [0, 0.05) is 25.2 Å². The molecule has 1 aromatic heterocycles. The van der Waals surface area contributed by atoms with Crippen LogP contribution in [0.4, 0.5) is 5.82 Å². The van der Waals surface area contributed by atoms with E-state index >= 15 is 0 Å². The summed E-state index contributed by atoms with van der Waals surface area (Å²) >= 11 is 5.96. The van der Waals surface area contributed by atoms with Gasteiger partial charge in [-0.15, -0.1) is 0 Å². The molecule has 0 atom stereocenters. The predicted octanol–water partition coefficient (Wildman–Crippen LogP) is 1.62. The molecule has 1 N–H and O–H groups in total. The molecule has 1 aliphatic rings. The standard InChI is InChI=1S/C11H17ClN4/c1-3-16(4-2)10-8-5-6-13-7-9(8)14-11(12)15-10/h13H,3-7H2,1-2H3. The van der Waals surface area contributed by atoms with Gasteiger partial charge >= 0.3 is 0 Å². The van der Waals surface area contributed by atoms with Gasteiger partial charge in [0.25, 0.3) is 0 Å². The smallest absolute Gasteiger partial charge is 0.224 e. The number of nitrogens with one attached hydrogen (secondary N) is 1. The highest BCUT2D eigenvalue weighted by Gasteiger charge is 2.19. The molecule has 0 amide bonds. The molecular weight excluding hydrogens is 224 g/mol. The zero-order valence-corrected chi connectivity index (χ0v) is 10.5. The van der Waals surface area contributed by atoms with Crippen molar-refractivity contribution in [3.05, 3.63) is 16.5 Å². The summed E-state index contributed by atoms with van der Waals surface area (Å²) in [5.74, 6) is 1.02. The number of rotatable bonds is 3. The van der Waals surface area contributed by atoms with E-state index in [9.17, 15) is 0 Å². The first-order valence-electron chi connectivity index (χ1n) is 5.77. The maximum absolute atomic E-state index is 5.96. The third-order valence-electron chi connectivity index (χ3n) is 2.95. The summed E-state index contributed by atoms with van der Waals surface area (Å²) in [5, 5.41) is 3.65. The zero-order chi connectivity index (χ0) is 11.5. The van der Waals surface area contributed by atoms with E-state index in [0.717, 1.165) is 44.1 Å². The third kappa shape index (κ3) is 2.13. The van der Waals surface area contributed by atoms with Crippen molar-refractivity contribution in [3.63, 3.8) is 0 Å². The Hall–Kier alpha value is -0.870. The minimum Gasteiger partial charge on any atom is -0.357 e. The Bertz CT molecular complexity index is 376. The molecule has 1 aromatic rings. The Labute approximate surface area is 101 Å². The minimum atomic E-state index is 0.351. The highest BCUT2D eigenvalue weighted by molar-refractivity contribution is 6.28. The molecule has 0 radical (unpaired) electrons. The lowest BCUT2D eigenvalue weighted by atomic mass is 10.1. The van der Waals surface area contributed by atoms with Crippen molar-refractivity contribution >= 4 is 17.4 Å². The van der Waals surface area contributed by atoms with Crippen LogP contribution >= 0.6 is 11.6 Å². The average Bonchev–Trinajstić information content (AvgIpc) is 2.30. The molecule has 0 spiro atoms. The quantitative estimate of drug-likeness (QED) is 0.816. The second kappa shape index (κ2) is 4.97. The summed E-state index contributed by atoms with van der Waals surface area (Å²) in [6, 6.07) is 0. The lowest BCUT2D eigenvalue weighted by Gasteiger charge is -2.26. The van der Waals surface area contributed by atoms with Crippen LogP contribution in [0.1, 0.15) is 25.1 Å². The maximum Gasteiger partial charge on any atom is 0.224 e. The third-order valence-corrected chi connectivity index (χ3v) is 3.12. The summed E-state index contributed by atoms with van der Waals surface area (Å²) in [5.41, 5.74) is 2.31. The zero-order valence-electron chi connectivity index (χ0n) is 9.76. The lowest BCUT2D eigenvalue weighted by Crippen LogP contribution is -2.30. The van der Waals surface area contributed by atoms with Crippen LogP contribution in [-0.2, 0) is 13.0 Å². The normalized spacial score (nSPS) is 14.7. The maximum atomic E-state index is 5.96. The van der Waals surface area contributed by atoms with Crippen LogP contribution in [0.3, 0.4) is 0 Å². The fourth-order valence-electron chi connectivity index (χ4n) is 2.09. The molecule has 0 bridgehead atoms. The second-order valence-corrected chi connectivity index (χ2v) is 4.18. The molecule has 0 aromatic carbocycles. The molecule has 0 saturated heterocycles. The molecule has 1 aliphatic heterocycles. The van der Waals surface area contributed by atoms with Crippen molar-refractivity contribution in [1.82, 2.24) is 15.3 Å². The van der Waals surface area contributed by atoms with Gasteiger partial charge in [0.05, 0.1) is 5.69 Å². The first kappa shape index (κ1) is 11.6. The number of halogens is 1. The van der Waals surface area contributed by atoms with Crippen LogP contribution in [0, 0.1) is 0 Å². The fourth-order valence-corrected chi connectivity index (χ4v) is 2.28. The first-order valence-corrected chi connectivity index (χ1v) is 6.15. The molecule has 0 aliphatic carbocycles. The van der Waals surface area contributed by atoms with E-state index in [-0.39, 0.29) is 0 Å². The largest absolute Gasteiger partial charge is 0.357 e. The molecule has 16 heavy (non-hydrogen) atoms. The lowest BCUT2D eigenvalue weighted by molar-refractivity contribution is 0.619. The van der Waals surface area contributed by atoms with E-state index in [2.05, 4.69) is 34.0 Å². The van der Waals surface area contributed by atoms with Gasteiger partial charge in [-0.05, 0) is 38.4 Å². The van der Waals surface area contributed by atoms with Gasteiger partial charge in [-0.2, -0.15) is 0 Å². The fraction of sp³-hybridized carbons (Fsp3) is 0.636. The summed E-state index contributed by atoms with van der Waals surface area (Å²) in [4.78, 5) is 10.9. The predicted molar refractivity (Wildman–Crippen MR) is 66.0 cm³/mol. The van der Waals surface area contributed by atoms with Crippen LogP contribution in [0.2, 0.25) is 5.28 Å². The average molecular weight is 241 g/mol. The van der Waals surface area contributed by atoms with Crippen LogP contribution in [-0.4, -0.2) is 29.6 Å². The van der Waals surface area contributed by atoms with Gasteiger partial charge in [-0.1, -0.05) is 0 Å². The number of fused-ring (bicyclic) bond motifs is 1. The molecule has 2 rings (SSSR count). The first-order chi connectivity index (χ1) is 7.76. The van der Waals surface area contributed by atoms with Gasteiger partial charge in [-0.25, -0.2) is 9.97 Å². The number of aromatic nitrogens is 2. The topological polar surface area (TPSA) is 41.1 Å². The molecule has 0 unspecified atom stereocenters. The molecule has 2 heterocycles. The number of nitrogens with zero attached hydrogens (tertiary/aromatic N) is 3. The van der Waals surface area contributed by atoms with E-state index in [1.54, 1.807) is 0 Å². The molecular formula is C11H17ClN4. The van der Waals surface area contributed by atoms with Crippen molar-refractivity contribution in [2.45, 2.75) is 26.8 Å². The summed E-state index contributed by atoms with van der Waals surface area (Å²) in [6.07, 6.45) is 0.984. The molecule has 4 nitrogen and oxygen atoms in total. The van der Waals surface area contributed by atoms with E-state index in [0.29, 0.717) is 5.28 Å². The van der Waals surface area contributed by atoms with Crippen molar-refractivity contribution in [2.75, 3.05) is 24.5 Å². The Balaban J connectivity index is 2.46. The summed E-state index contributed by atoms with van der Waals surface area (Å²) in [6.45, 7) is 7.95. The van der Waals surface area contributed by atoms with Crippen molar-refractivity contribution in [1.29, 1.82) is 0 Å². The van der Waals surface area contributed by atoms with Gasteiger partial charge in [0.1, 0.15) is 5.82 Å². The summed E-state index contributed by atoms with van der Waals surface area (Å²) < 4.78 is 0. The van der Waals surface area contributed by atoms with Gasteiger partial charge in [-0.3, -0.25) is 0 Å². The molecule has 5 heteroatoms. The second-order valence-electron chi connectivity index (χ2n) is 3.84. The Morgan fingerprint density at radius 3 is 2.75 bits per heavy atom. The van der Waals surface area contributed by atoms with Gasteiger partial charge in [0.15, 0.2) is 0 Å². The molecule has 0 saturated carbocycles. The van der Waals surface area contributed by atoms with Crippen LogP contribution in [0.15, 0.2) is 0 Å².